The van der Waals surface area contributed by atoms with Crippen molar-refractivity contribution >= 4 is 11.1 Å². The third-order valence-electron chi connectivity index (χ3n) is 3.49. The molecule has 3 heteroatoms. The normalized spacial score (nSPS) is 17.6. The number of alkyl halides is 3. The van der Waals surface area contributed by atoms with Crippen molar-refractivity contribution in [2.75, 3.05) is 0 Å². The summed E-state index contributed by atoms with van der Waals surface area (Å²) in [5.74, 6) is 0. The van der Waals surface area contributed by atoms with Crippen molar-refractivity contribution in [3.8, 4) is 0 Å². The second kappa shape index (κ2) is 4.82. The maximum Gasteiger partial charge on any atom is 0.417 e. The summed E-state index contributed by atoms with van der Waals surface area (Å²) in [6.45, 7) is 0. The van der Waals surface area contributed by atoms with Gasteiger partial charge in [-0.15, -0.1) is 0 Å². The average molecular weight is 273 g/mol. The number of rotatable bonds is 2. The van der Waals surface area contributed by atoms with Gasteiger partial charge in [0, 0.05) is 0 Å². The second-order valence-corrected chi connectivity index (χ2v) is 4.79. The maximum absolute atomic E-state index is 13.3. The van der Waals surface area contributed by atoms with Crippen molar-refractivity contribution in [2.45, 2.75) is 19.0 Å². The quantitative estimate of drug-likeness (QED) is 0.695. The summed E-state index contributed by atoms with van der Waals surface area (Å²) in [6, 6.07) is 5.47. The molecular formula is C17H12F3. The number of benzene rings is 1. The molecule has 0 fully saturated rings. The highest BCUT2D eigenvalue weighted by Crippen LogP contribution is 2.41. The van der Waals surface area contributed by atoms with Crippen LogP contribution >= 0.6 is 0 Å². The number of hydrogen-bond donors (Lipinski definition) is 0. The average Bonchev–Trinajstić information content (AvgIpc) is 3.10. The summed E-state index contributed by atoms with van der Waals surface area (Å²) in [7, 11) is 0. The first-order valence-electron chi connectivity index (χ1n) is 6.41. The summed E-state index contributed by atoms with van der Waals surface area (Å²) in [5, 5.41) is 0. The molecule has 0 saturated carbocycles. The van der Waals surface area contributed by atoms with Crippen LogP contribution in [-0.4, -0.2) is 0 Å². The van der Waals surface area contributed by atoms with Crippen molar-refractivity contribution in [2.24, 2.45) is 0 Å². The van der Waals surface area contributed by atoms with E-state index in [1.807, 2.05) is 24.3 Å². The van der Waals surface area contributed by atoms with Gasteiger partial charge in [0.25, 0.3) is 0 Å². The lowest BCUT2D eigenvalue weighted by atomic mass is 9.89. The fraction of sp³-hybridized carbons (Fsp3) is 0.176. The predicted octanol–water partition coefficient (Wildman–Crippen LogP) is 5.19. The van der Waals surface area contributed by atoms with Crippen LogP contribution in [0.2, 0.25) is 0 Å². The predicted molar refractivity (Wildman–Crippen MR) is 73.7 cm³/mol. The fourth-order valence-corrected chi connectivity index (χ4v) is 2.60. The molecule has 0 aromatic heterocycles. The molecular weight excluding hydrogens is 261 g/mol. The Balaban J connectivity index is 2.19. The molecule has 0 saturated heterocycles. The van der Waals surface area contributed by atoms with Gasteiger partial charge in [-0.05, 0) is 41.2 Å². The smallest absolute Gasteiger partial charge is 0.166 e. The fourth-order valence-electron chi connectivity index (χ4n) is 2.60. The van der Waals surface area contributed by atoms with Gasteiger partial charge in [-0.25, -0.2) is 0 Å². The Hall–Kier alpha value is -2.03. The van der Waals surface area contributed by atoms with Crippen LogP contribution in [0.5, 0.6) is 0 Å². The van der Waals surface area contributed by atoms with E-state index in [9.17, 15) is 13.2 Å². The molecule has 0 aliphatic heterocycles. The van der Waals surface area contributed by atoms with Crippen LogP contribution in [0.1, 0.15) is 29.5 Å². The summed E-state index contributed by atoms with van der Waals surface area (Å²) < 4.78 is 39.8. The van der Waals surface area contributed by atoms with Gasteiger partial charge in [-0.2, -0.15) is 13.2 Å². The van der Waals surface area contributed by atoms with Crippen molar-refractivity contribution in [1.29, 1.82) is 0 Å². The van der Waals surface area contributed by atoms with Gasteiger partial charge < -0.3 is 0 Å². The molecule has 2 aliphatic rings. The van der Waals surface area contributed by atoms with E-state index in [1.54, 1.807) is 18.2 Å². The van der Waals surface area contributed by atoms with E-state index in [1.165, 1.54) is 6.07 Å². The third kappa shape index (κ3) is 2.24. The van der Waals surface area contributed by atoms with Crippen LogP contribution in [0.4, 0.5) is 13.2 Å². The molecule has 1 aromatic carbocycles. The highest BCUT2D eigenvalue weighted by atomic mass is 19.4. The molecule has 0 bridgehead atoms. The molecule has 0 spiro atoms. The Morgan fingerprint density at radius 2 is 1.60 bits per heavy atom. The van der Waals surface area contributed by atoms with E-state index in [4.69, 9.17) is 0 Å². The molecule has 0 heterocycles. The van der Waals surface area contributed by atoms with Crippen molar-refractivity contribution in [1.82, 2.24) is 0 Å². The highest BCUT2D eigenvalue weighted by Gasteiger charge is 2.35. The van der Waals surface area contributed by atoms with E-state index in [-0.39, 0.29) is 5.56 Å². The zero-order chi connectivity index (χ0) is 14.2. The summed E-state index contributed by atoms with van der Waals surface area (Å²) in [6.07, 6.45) is 7.95. The van der Waals surface area contributed by atoms with E-state index >= 15 is 0 Å². The summed E-state index contributed by atoms with van der Waals surface area (Å²) in [5.41, 5.74) is 1.90. The van der Waals surface area contributed by atoms with Gasteiger partial charge in [0.1, 0.15) is 0 Å². The lowest BCUT2D eigenvalue weighted by Crippen LogP contribution is -2.11. The first kappa shape index (κ1) is 13.0. The van der Waals surface area contributed by atoms with Gasteiger partial charge in [-0.3, -0.25) is 0 Å². The molecule has 2 aliphatic carbocycles. The Kier molecular flexibility index (Phi) is 3.13. The highest BCUT2D eigenvalue weighted by molar-refractivity contribution is 5.85. The largest absolute Gasteiger partial charge is 0.417 e. The van der Waals surface area contributed by atoms with Gasteiger partial charge in [-0.1, -0.05) is 48.6 Å². The maximum atomic E-state index is 13.3. The lowest BCUT2D eigenvalue weighted by Gasteiger charge is -2.18. The molecule has 101 valence electrons. The minimum atomic E-state index is -4.39. The number of hydrogen-bond acceptors (Lipinski definition) is 0. The lowest BCUT2D eigenvalue weighted by molar-refractivity contribution is -0.138. The SMILES string of the molecule is FC(F)(F)c1[c]ccc(C2=CC=CC2)c1C1=CC=CC1. The Labute approximate surface area is 115 Å². The minimum Gasteiger partial charge on any atom is -0.166 e. The first-order chi connectivity index (χ1) is 9.57. The van der Waals surface area contributed by atoms with Gasteiger partial charge >= 0.3 is 6.18 Å². The van der Waals surface area contributed by atoms with Gasteiger partial charge in [0.2, 0.25) is 0 Å². The summed E-state index contributed by atoms with van der Waals surface area (Å²) in [4.78, 5) is 0. The molecule has 0 unspecified atom stereocenters. The van der Waals surface area contributed by atoms with Gasteiger partial charge in [0.05, 0.1) is 5.56 Å². The van der Waals surface area contributed by atoms with Crippen LogP contribution in [-0.2, 0) is 6.18 Å². The zero-order valence-electron chi connectivity index (χ0n) is 10.7. The third-order valence-corrected chi connectivity index (χ3v) is 3.49. The molecule has 3 rings (SSSR count). The summed E-state index contributed by atoms with van der Waals surface area (Å²) >= 11 is 0. The molecule has 1 aromatic rings. The zero-order valence-corrected chi connectivity index (χ0v) is 10.7. The van der Waals surface area contributed by atoms with Crippen molar-refractivity contribution in [3.05, 3.63) is 71.3 Å². The Bertz CT molecular complexity index is 655. The standard InChI is InChI=1S/C17H12F3/c18-17(19,20)15-11-5-10-14(12-6-1-2-7-12)16(15)13-8-3-4-9-13/h1-6,8,10H,7,9H2. The topological polar surface area (TPSA) is 0 Å². The van der Waals surface area contributed by atoms with Crippen LogP contribution < -0.4 is 0 Å². The molecule has 0 atom stereocenters. The van der Waals surface area contributed by atoms with E-state index in [0.29, 0.717) is 24.0 Å². The van der Waals surface area contributed by atoms with E-state index in [2.05, 4.69) is 6.07 Å². The minimum absolute atomic E-state index is 0.278. The van der Waals surface area contributed by atoms with Crippen LogP contribution in [0, 0.1) is 6.07 Å². The molecule has 0 amide bonds. The first-order valence-corrected chi connectivity index (χ1v) is 6.41. The van der Waals surface area contributed by atoms with E-state index in [0.717, 1.165) is 5.57 Å². The van der Waals surface area contributed by atoms with Gasteiger partial charge in [0.15, 0.2) is 0 Å². The number of halogens is 3. The van der Waals surface area contributed by atoms with Crippen LogP contribution in [0.15, 0.2) is 48.6 Å². The van der Waals surface area contributed by atoms with Crippen LogP contribution in [0.3, 0.4) is 0 Å². The van der Waals surface area contributed by atoms with Crippen molar-refractivity contribution < 1.29 is 13.2 Å². The second-order valence-electron chi connectivity index (χ2n) is 4.79. The monoisotopic (exact) mass is 273 g/mol. The molecule has 1 radical (unpaired) electrons. The Morgan fingerprint density at radius 3 is 2.15 bits per heavy atom. The molecule has 20 heavy (non-hydrogen) atoms. The van der Waals surface area contributed by atoms with E-state index < -0.39 is 11.7 Å². The van der Waals surface area contributed by atoms with Crippen LogP contribution in [0.25, 0.3) is 11.1 Å². The molecule has 0 nitrogen and oxygen atoms in total. The molecule has 0 N–H and O–H groups in total. The van der Waals surface area contributed by atoms with Crippen molar-refractivity contribution in [3.63, 3.8) is 0 Å². The Morgan fingerprint density at radius 1 is 0.950 bits per heavy atom. The number of allylic oxidation sites excluding steroid dienone is 8.